The van der Waals surface area contributed by atoms with Crippen molar-refractivity contribution in [3.8, 4) is 0 Å². The summed E-state index contributed by atoms with van der Waals surface area (Å²) in [5.74, 6) is 0. The summed E-state index contributed by atoms with van der Waals surface area (Å²) in [5.41, 5.74) is 7.81. The summed E-state index contributed by atoms with van der Waals surface area (Å²) in [6.07, 6.45) is 0. The number of benzene rings is 10. The lowest BCUT2D eigenvalue weighted by atomic mass is 9.91. The predicted molar refractivity (Wildman–Crippen MR) is 221 cm³/mol. The fraction of sp³-hybridized carbons (Fsp3) is 0. The van der Waals surface area contributed by atoms with Crippen molar-refractivity contribution in [3.63, 3.8) is 0 Å². The van der Waals surface area contributed by atoms with Crippen LogP contribution in [-0.4, -0.2) is 11.4 Å². The van der Waals surface area contributed by atoms with Crippen LogP contribution in [0.1, 0.15) is 22.3 Å². The molecule has 1 aliphatic heterocycles. The quantitative estimate of drug-likeness (QED) is 0.165. The Hall–Kier alpha value is -6.90. The van der Waals surface area contributed by atoms with Gasteiger partial charge in [-0.15, -0.1) is 0 Å². The zero-order valence-electron chi connectivity index (χ0n) is 28.2. The Morgan fingerprint density at radius 1 is 0.231 bits per heavy atom. The van der Waals surface area contributed by atoms with Gasteiger partial charge in [0.15, 0.2) is 0 Å². The molecule has 0 spiro atoms. The standard InChI is InChI=1S/C50H30N2/c1-3-11-33-23-43-25-41(19-17-39(43)21-31(33)9-1)49-45-27-35-13-5-7-15-37(35)29-47(45)52-50(46-28-36-14-6-8-16-38(36)30-48(46)51-49)42-20-18-40-22-32-10-2-4-12-34(32)24-44(40)26-42/h1-30H. The normalized spacial score (nSPS) is 12.8. The summed E-state index contributed by atoms with van der Waals surface area (Å²) in [6, 6.07) is 65.9. The molecule has 2 nitrogen and oxygen atoms in total. The fourth-order valence-electron chi connectivity index (χ4n) is 8.00. The van der Waals surface area contributed by atoms with Crippen molar-refractivity contribution in [1.29, 1.82) is 0 Å². The van der Waals surface area contributed by atoms with Gasteiger partial charge >= 0.3 is 0 Å². The van der Waals surface area contributed by atoms with Gasteiger partial charge in [0.2, 0.25) is 0 Å². The summed E-state index contributed by atoms with van der Waals surface area (Å²) in [6.45, 7) is 0. The van der Waals surface area contributed by atoms with E-state index in [0.717, 1.165) is 66.6 Å². The minimum atomic E-state index is 0.906. The first-order valence-electron chi connectivity index (χ1n) is 17.8. The molecule has 240 valence electrons. The van der Waals surface area contributed by atoms with E-state index in [1.54, 1.807) is 0 Å². The third-order valence-electron chi connectivity index (χ3n) is 10.7. The maximum atomic E-state index is 5.65. The van der Waals surface area contributed by atoms with Crippen LogP contribution in [-0.2, 0) is 0 Å². The summed E-state index contributed by atoms with van der Waals surface area (Å²) in [7, 11) is 0. The molecule has 0 aromatic heterocycles. The van der Waals surface area contributed by atoms with Crippen molar-refractivity contribution >= 4 is 87.4 Å². The molecule has 0 bridgehead atoms. The molecular formula is C50H30N2. The lowest BCUT2D eigenvalue weighted by Gasteiger charge is -2.20. The first-order chi connectivity index (χ1) is 25.7. The molecule has 0 amide bonds. The maximum Gasteiger partial charge on any atom is 0.0803 e. The Balaban J connectivity index is 1.21. The number of rotatable bonds is 2. The third kappa shape index (κ3) is 4.73. The SMILES string of the molecule is c1ccc2cc3c(cc2c1)N=C(c1ccc2cc4ccccc4cc2c1)c1cc2ccccc2cc1N=C3c1ccc2cc3ccccc3cc2c1. The number of nitrogens with zero attached hydrogens (tertiary/aromatic N) is 2. The van der Waals surface area contributed by atoms with Crippen molar-refractivity contribution in [2.45, 2.75) is 0 Å². The zero-order valence-corrected chi connectivity index (χ0v) is 28.2. The van der Waals surface area contributed by atoms with Gasteiger partial charge < -0.3 is 0 Å². The van der Waals surface area contributed by atoms with Crippen LogP contribution in [0.3, 0.4) is 0 Å². The second kappa shape index (κ2) is 11.3. The molecule has 10 aromatic carbocycles. The van der Waals surface area contributed by atoms with E-state index in [1.807, 2.05) is 0 Å². The van der Waals surface area contributed by atoms with Crippen molar-refractivity contribution in [2.24, 2.45) is 9.98 Å². The van der Waals surface area contributed by atoms with Crippen molar-refractivity contribution in [1.82, 2.24) is 0 Å². The van der Waals surface area contributed by atoms with Gasteiger partial charge in [-0.2, -0.15) is 0 Å². The van der Waals surface area contributed by atoms with Crippen LogP contribution in [0.4, 0.5) is 11.4 Å². The van der Waals surface area contributed by atoms with E-state index < -0.39 is 0 Å². The van der Waals surface area contributed by atoms with E-state index in [9.17, 15) is 0 Å². The first-order valence-corrected chi connectivity index (χ1v) is 17.8. The molecule has 1 heterocycles. The second-order valence-corrected chi connectivity index (χ2v) is 13.9. The van der Waals surface area contributed by atoms with Gasteiger partial charge in [0.25, 0.3) is 0 Å². The molecule has 0 N–H and O–H groups in total. The van der Waals surface area contributed by atoms with Gasteiger partial charge in [-0.25, -0.2) is 9.98 Å². The van der Waals surface area contributed by atoms with E-state index in [0.29, 0.717) is 0 Å². The molecule has 0 atom stereocenters. The molecule has 2 heteroatoms. The average Bonchev–Trinajstić information content (AvgIpc) is 3.19. The molecule has 0 saturated heterocycles. The third-order valence-corrected chi connectivity index (χ3v) is 10.7. The predicted octanol–water partition coefficient (Wildman–Crippen LogP) is 13.3. The molecule has 0 radical (unpaired) electrons. The Labute approximate surface area is 300 Å². The number of hydrogen-bond acceptors (Lipinski definition) is 2. The second-order valence-electron chi connectivity index (χ2n) is 13.9. The highest BCUT2D eigenvalue weighted by Gasteiger charge is 2.22. The van der Waals surface area contributed by atoms with Crippen molar-refractivity contribution in [3.05, 3.63) is 204 Å². The summed E-state index contributed by atoms with van der Waals surface area (Å²) >= 11 is 0. The number of fused-ring (bicyclic) bond motifs is 8. The minimum Gasteiger partial charge on any atom is -0.247 e. The minimum absolute atomic E-state index is 0.906. The van der Waals surface area contributed by atoms with Crippen LogP contribution in [0.5, 0.6) is 0 Å². The molecule has 11 rings (SSSR count). The summed E-state index contributed by atoms with van der Waals surface area (Å²) < 4.78 is 0. The van der Waals surface area contributed by atoms with Gasteiger partial charge in [-0.05, 0) is 125 Å². The Kier molecular flexibility index (Phi) is 6.28. The number of hydrogen-bond donors (Lipinski definition) is 0. The lowest BCUT2D eigenvalue weighted by Crippen LogP contribution is -2.10. The monoisotopic (exact) mass is 658 g/mol. The zero-order chi connectivity index (χ0) is 34.2. The van der Waals surface area contributed by atoms with E-state index in [2.05, 4.69) is 182 Å². The maximum absolute atomic E-state index is 5.65. The number of aliphatic imine (C=N–C) groups is 2. The van der Waals surface area contributed by atoms with Crippen LogP contribution in [0.15, 0.2) is 192 Å². The molecule has 0 saturated carbocycles. The largest absolute Gasteiger partial charge is 0.247 e. The van der Waals surface area contributed by atoms with Gasteiger partial charge in [0.1, 0.15) is 0 Å². The molecule has 0 aliphatic carbocycles. The topological polar surface area (TPSA) is 24.7 Å². The first kappa shape index (κ1) is 28.9. The van der Waals surface area contributed by atoms with Gasteiger partial charge in [-0.3, -0.25) is 0 Å². The molecule has 1 aliphatic rings. The molecule has 52 heavy (non-hydrogen) atoms. The molecule has 0 unspecified atom stereocenters. The van der Waals surface area contributed by atoms with E-state index in [1.165, 1.54) is 43.1 Å². The average molecular weight is 659 g/mol. The lowest BCUT2D eigenvalue weighted by molar-refractivity contribution is 1.41. The Bertz CT molecular complexity index is 2970. The van der Waals surface area contributed by atoms with Crippen molar-refractivity contribution < 1.29 is 0 Å². The van der Waals surface area contributed by atoms with Crippen molar-refractivity contribution in [2.75, 3.05) is 0 Å². The van der Waals surface area contributed by atoms with Crippen LogP contribution in [0.2, 0.25) is 0 Å². The Morgan fingerprint density at radius 2 is 0.519 bits per heavy atom. The smallest absolute Gasteiger partial charge is 0.0803 e. The summed E-state index contributed by atoms with van der Waals surface area (Å²) in [5, 5.41) is 14.4. The summed E-state index contributed by atoms with van der Waals surface area (Å²) in [4.78, 5) is 11.3. The van der Waals surface area contributed by atoms with Crippen LogP contribution in [0, 0.1) is 0 Å². The van der Waals surface area contributed by atoms with Gasteiger partial charge in [0, 0.05) is 22.3 Å². The molecule has 0 fully saturated rings. The van der Waals surface area contributed by atoms with Gasteiger partial charge in [-0.1, -0.05) is 121 Å². The van der Waals surface area contributed by atoms with Crippen LogP contribution >= 0.6 is 0 Å². The highest BCUT2D eigenvalue weighted by molar-refractivity contribution is 6.25. The van der Waals surface area contributed by atoms with E-state index >= 15 is 0 Å². The molecule has 10 aromatic rings. The Morgan fingerprint density at radius 3 is 0.885 bits per heavy atom. The van der Waals surface area contributed by atoms with E-state index in [-0.39, 0.29) is 0 Å². The highest BCUT2D eigenvalue weighted by Crippen LogP contribution is 2.39. The van der Waals surface area contributed by atoms with E-state index in [4.69, 9.17) is 9.98 Å². The van der Waals surface area contributed by atoms with Crippen LogP contribution < -0.4 is 0 Å². The highest BCUT2D eigenvalue weighted by atomic mass is 14.8. The van der Waals surface area contributed by atoms with Crippen LogP contribution in [0.25, 0.3) is 64.6 Å². The molecular weight excluding hydrogens is 629 g/mol. The fourth-order valence-corrected chi connectivity index (χ4v) is 8.00. The van der Waals surface area contributed by atoms with Gasteiger partial charge in [0.05, 0.1) is 22.8 Å².